The standard InChI is InChI=1S/C30H32N6/c1-4-36(5-2)29-15-12-27(13-16-29)32-34-28-14-17-30(23(3)22-28)35-33-26-10-8-24(9-11-26)6-7-25-18-20-31-21-19-25/h8-22H,4-7H2,1-3H3. The smallest absolute Gasteiger partial charge is 0.0887 e. The number of rotatable bonds is 10. The van der Waals surface area contributed by atoms with Gasteiger partial charge >= 0.3 is 0 Å². The van der Waals surface area contributed by atoms with Crippen molar-refractivity contribution in [2.45, 2.75) is 33.6 Å². The summed E-state index contributed by atoms with van der Waals surface area (Å²) in [6.07, 6.45) is 5.65. The van der Waals surface area contributed by atoms with Crippen LogP contribution in [0.4, 0.5) is 28.4 Å². The number of azo groups is 2. The predicted octanol–water partition coefficient (Wildman–Crippen LogP) is 8.85. The first-order valence-electron chi connectivity index (χ1n) is 12.4. The molecule has 0 aliphatic heterocycles. The molecule has 3 aromatic carbocycles. The molecule has 0 atom stereocenters. The largest absolute Gasteiger partial charge is 0.372 e. The van der Waals surface area contributed by atoms with E-state index in [2.05, 4.69) is 80.6 Å². The van der Waals surface area contributed by atoms with Crippen LogP contribution < -0.4 is 4.90 Å². The minimum Gasteiger partial charge on any atom is -0.372 e. The van der Waals surface area contributed by atoms with Gasteiger partial charge in [0.05, 0.1) is 22.7 Å². The number of aryl methyl sites for hydroxylation is 3. The molecule has 0 aliphatic carbocycles. The zero-order valence-corrected chi connectivity index (χ0v) is 21.2. The third kappa shape index (κ3) is 6.92. The average molecular weight is 477 g/mol. The van der Waals surface area contributed by atoms with E-state index in [0.29, 0.717) is 0 Å². The van der Waals surface area contributed by atoms with E-state index in [1.165, 1.54) is 16.8 Å². The molecule has 0 radical (unpaired) electrons. The highest BCUT2D eigenvalue weighted by Gasteiger charge is 2.02. The number of anilines is 1. The summed E-state index contributed by atoms with van der Waals surface area (Å²) in [7, 11) is 0. The molecule has 6 nitrogen and oxygen atoms in total. The first kappa shape index (κ1) is 24.9. The number of benzene rings is 3. The molecule has 0 fully saturated rings. The molecule has 182 valence electrons. The molecule has 0 bridgehead atoms. The second kappa shape index (κ2) is 12.5. The van der Waals surface area contributed by atoms with Gasteiger partial charge in [0.15, 0.2) is 0 Å². The maximum atomic E-state index is 4.44. The Morgan fingerprint density at radius 2 is 1.14 bits per heavy atom. The summed E-state index contributed by atoms with van der Waals surface area (Å²) >= 11 is 0. The molecule has 0 amide bonds. The van der Waals surface area contributed by atoms with Gasteiger partial charge in [0.1, 0.15) is 0 Å². The molecule has 1 heterocycles. The summed E-state index contributed by atoms with van der Waals surface area (Å²) < 4.78 is 0. The maximum absolute atomic E-state index is 4.44. The molecule has 0 N–H and O–H groups in total. The summed E-state index contributed by atoms with van der Waals surface area (Å²) in [6.45, 7) is 8.29. The summed E-state index contributed by atoms with van der Waals surface area (Å²) in [6, 6.07) is 26.3. The molecular weight excluding hydrogens is 444 g/mol. The Hall–Kier alpha value is -4.19. The second-order valence-corrected chi connectivity index (χ2v) is 8.58. The number of aromatic nitrogens is 1. The molecule has 36 heavy (non-hydrogen) atoms. The van der Waals surface area contributed by atoms with Gasteiger partial charge in [-0.15, -0.1) is 0 Å². The quantitative estimate of drug-likeness (QED) is 0.215. The summed E-state index contributed by atoms with van der Waals surface area (Å²) in [4.78, 5) is 6.37. The van der Waals surface area contributed by atoms with E-state index in [1.54, 1.807) is 0 Å². The van der Waals surface area contributed by atoms with E-state index in [-0.39, 0.29) is 0 Å². The minimum atomic E-state index is 0.790. The van der Waals surface area contributed by atoms with E-state index in [4.69, 9.17) is 0 Å². The molecule has 0 saturated heterocycles. The third-order valence-corrected chi connectivity index (χ3v) is 6.10. The first-order chi connectivity index (χ1) is 17.6. The number of nitrogens with zero attached hydrogens (tertiary/aromatic N) is 6. The molecule has 1 aromatic heterocycles. The van der Waals surface area contributed by atoms with Crippen LogP contribution in [0.15, 0.2) is 112 Å². The van der Waals surface area contributed by atoms with E-state index in [9.17, 15) is 0 Å². The lowest BCUT2D eigenvalue weighted by atomic mass is 10.1. The van der Waals surface area contributed by atoms with Gasteiger partial charge in [0.25, 0.3) is 0 Å². The van der Waals surface area contributed by atoms with Crippen molar-refractivity contribution in [1.29, 1.82) is 0 Å². The molecule has 4 aromatic rings. The van der Waals surface area contributed by atoms with Gasteiger partial charge in [-0.3, -0.25) is 4.98 Å². The molecular formula is C30H32N6. The van der Waals surface area contributed by atoms with Gasteiger partial charge in [-0.2, -0.15) is 20.5 Å². The summed E-state index contributed by atoms with van der Waals surface area (Å²) in [5.74, 6) is 0. The fourth-order valence-electron chi connectivity index (χ4n) is 3.93. The molecule has 0 saturated carbocycles. The van der Waals surface area contributed by atoms with Crippen LogP contribution >= 0.6 is 0 Å². The third-order valence-electron chi connectivity index (χ3n) is 6.10. The second-order valence-electron chi connectivity index (χ2n) is 8.58. The van der Waals surface area contributed by atoms with E-state index in [1.807, 2.05) is 61.8 Å². The minimum absolute atomic E-state index is 0.790. The normalized spacial score (nSPS) is 11.4. The number of hydrogen-bond acceptors (Lipinski definition) is 6. The van der Waals surface area contributed by atoms with Crippen LogP contribution in [0.1, 0.15) is 30.5 Å². The first-order valence-corrected chi connectivity index (χ1v) is 12.4. The highest BCUT2D eigenvalue weighted by Crippen LogP contribution is 2.28. The van der Waals surface area contributed by atoms with Crippen LogP contribution in [0.2, 0.25) is 0 Å². The molecule has 0 spiro atoms. The monoisotopic (exact) mass is 476 g/mol. The highest BCUT2D eigenvalue weighted by molar-refractivity contribution is 5.55. The van der Waals surface area contributed by atoms with Gasteiger partial charge in [-0.25, -0.2) is 0 Å². The lowest BCUT2D eigenvalue weighted by Gasteiger charge is -2.20. The fraction of sp³-hybridized carbons (Fsp3) is 0.233. The van der Waals surface area contributed by atoms with Crippen molar-refractivity contribution in [2.24, 2.45) is 20.5 Å². The van der Waals surface area contributed by atoms with Crippen LogP contribution in [0.3, 0.4) is 0 Å². The van der Waals surface area contributed by atoms with Gasteiger partial charge < -0.3 is 4.90 Å². The van der Waals surface area contributed by atoms with Crippen molar-refractivity contribution < 1.29 is 0 Å². The van der Waals surface area contributed by atoms with Crippen LogP contribution in [-0.4, -0.2) is 18.1 Å². The number of hydrogen-bond donors (Lipinski definition) is 0. The Balaban J connectivity index is 1.35. The average Bonchev–Trinajstić information content (AvgIpc) is 2.93. The Kier molecular flexibility index (Phi) is 8.65. The van der Waals surface area contributed by atoms with Crippen LogP contribution in [-0.2, 0) is 12.8 Å². The van der Waals surface area contributed by atoms with Crippen molar-refractivity contribution in [3.63, 3.8) is 0 Å². The zero-order valence-electron chi connectivity index (χ0n) is 21.2. The lowest BCUT2D eigenvalue weighted by Crippen LogP contribution is -2.21. The summed E-state index contributed by atoms with van der Waals surface area (Å²) in [5.41, 5.74) is 8.04. The molecule has 0 unspecified atom stereocenters. The molecule has 0 aliphatic rings. The maximum Gasteiger partial charge on any atom is 0.0887 e. The van der Waals surface area contributed by atoms with Crippen molar-refractivity contribution in [2.75, 3.05) is 18.0 Å². The number of pyridine rings is 1. The van der Waals surface area contributed by atoms with Crippen molar-refractivity contribution in [3.8, 4) is 0 Å². The fourth-order valence-corrected chi connectivity index (χ4v) is 3.93. The van der Waals surface area contributed by atoms with Crippen LogP contribution in [0.5, 0.6) is 0 Å². The molecule has 4 rings (SSSR count). The van der Waals surface area contributed by atoms with Crippen LogP contribution in [0.25, 0.3) is 0 Å². The Bertz CT molecular complexity index is 1290. The van der Waals surface area contributed by atoms with E-state index in [0.717, 1.165) is 54.2 Å². The zero-order chi connectivity index (χ0) is 25.2. The predicted molar refractivity (Wildman–Crippen MR) is 148 cm³/mol. The van der Waals surface area contributed by atoms with E-state index >= 15 is 0 Å². The topological polar surface area (TPSA) is 65.6 Å². The van der Waals surface area contributed by atoms with Crippen molar-refractivity contribution in [1.82, 2.24) is 4.98 Å². The molecule has 6 heteroatoms. The van der Waals surface area contributed by atoms with Crippen molar-refractivity contribution in [3.05, 3.63) is 108 Å². The van der Waals surface area contributed by atoms with Crippen LogP contribution in [0, 0.1) is 6.92 Å². The Labute approximate surface area is 213 Å². The van der Waals surface area contributed by atoms with E-state index < -0.39 is 0 Å². The Morgan fingerprint density at radius 1 is 0.611 bits per heavy atom. The van der Waals surface area contributed by atoms with Gasteiger partial charge in [-0.05, 0) is 117 Å². The highest BCUT2D eigenvalue weighted by atomic mass is 15.1. The van der Waals surface area contributed by atoms with Gasteiger partial charge in [-0.1, -0.05) is 12.1 Å². The van der Waals surface area contributed by atoms with Crippen molar-refractivity contribution >= 4 is 28.4 Å². The SMILES string of the molecule is CCN(CC)c1ccc(N=Nc2ccc(N=Nc3ccc(CCc4ccncc4)cc3)c(C)c2)cc1. The Morgan fingerprint density at radius 3 is 1.75 bits per heavy atom. The van der Waals surface area contributed by atoms with Gasteiger partial charge in [0, 0.05) is 31.2 Å². The van der Waals surface area contributed by atoms with Gasteiger partial charge in [0.2, 0.25) is 0 Å². The lowest BCUT2D eigenvalue weighted by molar-refractivity contribution is 0.866. The summed E-state index contributed by atoms with van der Waals surface area (Å²) in [5, 5.41) is 17.6.